The van der Waals surface area contributed by atoms with Crippen molar-refractivity contribution in [2.45, 2.75) is 38.5 Å². The molecule has 3 heteroatoms. The Labute approximate surface area is 128 Å². The minimum Gasteiger partial charge on any atom is -0.309 e. The van der Waals surface area contributed by atoms with Gasteiger partial charge < -0.3 is 4.90 Å². The largest absolute Gasteiger partial charge is 0.309 e. The van der Waals surface area contributed by atoms with Gasteiger partial charge in [0.05, 0.1) is 0 Å². The van der Waals surface area contributed by atoms with Gasteiger partial charge in [-0.05, 0) is 75.4 Å². The molecule has 1 aromatic carbocycles. The van der Waals surface area contributed by atoms with E-state index in [4.69, 9.17) is 0 Å². The molecule has 0 fully saturated rings. The van der Waals surface area contributed by atoms with Gasteiger partial charge in [0.1, 0.15) is 0 Å². The number of halogens is 1. The number of Topliss-reactive ketones (excluding diaryl/α,β-unsaturated/α-hetero) is 1. The van der Waals surface area contributed by atoms with Crippen molar-refractivity contribution >= 4 is 18.2 Å². The molecule has 2 aliphatic carbocycles. The number of nitrogens with zero attached hydrogens (tertiary/aromatic N) is 1. The summed E-state index contributed by atoms with van der Waals surface area (Å²) in [5.41, 5.74) is 5.27. The summed E-state index contributed by atoms with van der Waals surface area (Å²) in [6.07, 6.45) is 7.05. The first kappa shape index (κ1) is 15.5. The number of benzene rings is 1. The van der Waals surface area contributed by atoms with Crippen LogP contribution in [-0.2, 0) is 19.3 Å². The number of hydrogen-bond acceptors (Lipinski definition) is 2. The molecule has 1 aromatic rings. The average molecular weight is 294 g/mol. The number of carbonyl (C=O) groups excluding carboxylic acids is 1. The Kier molecular flexibility index (Phi) is 4.87. The lowest BCUT2D eigenvalue weighted by atomic mass is 9.78. The van der Waals surface area contributed by atoms with Gasteiger partial charge >= 0.3 is 0 Å². The van der Waals surface area contributed by atoms with E-state index in [1.807, 2.05) is 0 Å². The summed E-state index contributed by atoms with van der Waals surface area (Å²) in [6.45, 7) is 0.884. The summed E-state index contributed by atoms with van der Waals surface area (Å²) in [7, 11) is 4.10. The van der Waals surface area contributed by atoms with E-state index in [1.165, 1.54) is 36.0 Å². The Hall–Kier alpha value is -0.860. The molecule has 20 heavy (non-hydrogen) atoms. The molecular weight excluding hydrogens is 270 g/mol. The van der Waals surface area contributed by atoms with Gasteiger partial charge in [-0.15, -0.1) is 12.4 Å². The molecule has 1 atom stereocenters. The van der Waals surface area contributed by atoms with Crippen LogP contribution in [0.4, 0.5) is 0 Å². The molecule has 0 spiro atoms. The van der Waals surface area contributed by atoms with E-state index in [9.17, 15) is 4.79 Å². The second-order valence-electron chi connectivity index (χ2n) is 6.35. The first-order chi connectivity index (χ1) is 9.15. The fraction of sp³-hybridized carbons (Fsp3) is 0.588. The highest BCUT2D eigenvalue weighted by atomic mass is 35.5. The molecule has 2 aliphatic rings. The molecule has 0 heterocycles. The summed E-state index contributed by atoms with van der Waals surface area (Å²) < 4.78 is 0. The van der Waals surface area contributed by atoms with Crippen LogP contribution < -0.4 is 0 Å². The highest BCUT2D eigenvalue weighted by molar-refractivity contribution is 6.00. The SMILES string of the molecule is CN(C)CC1CCc2cc3c(cc2C1=O)CCCC3.Cl. The molecule has 0 radical (unpaired) electrons. The fourth-order valence-electron chi connectivity index (χ4n) is 3.57. The van der Waals surface area contributed by atoms with Crippen molar-refractivity contribution in [1.82, 2.24) is 4.90 Å². The summed E-state index contributed by atoms with van der Waals surface area (Å²) >= 11 is 0. The second kappa shape index (κ2) is 6.28. The molecule has 0 bridgehead atoms. The van der Waals surface area contributed by atoms with Crippen molar-refractivity contribution < 1.29 is 4.79 Å². The number of rotatable bonds is 2. The van der Waals surface area contributed by atoms with Crippen LogP contribution in [0, 0.1) is 5.92 Å². The quantitative estimate of drug-likeness (QED) is 0.834. The third-order valence-electron chi connectivity index (χ3n) is 4.55. The van der Waals surface area contributed by atoms with Crippen molar-refractivity contribution in [3.05, 3.63) is 34.4 Å². The summed E-state index contributed by atoms with van der Waals surface area (Å²) in [5, 5.41) is 0. The Morgan fingerprint density at radius 2 is 1.70 bits per heavy atom. The summed E-state index contributed by atoms with van der Waals surface area (Å²) in [5.74, 6) is 0.576. The highest BCUT2D eigenvalue weighted by Gasteiger charge is 2.28. The molecule has 0 aromatic heterocycles. The first-order valence-corrected chi connectivity index (χ1v) is 7.49. The zero-order valence-electron chi connectivity index (χ0n) is 12.4. The van der Waals surface area contributed by atoms with Crippen molar-refractivity contribution in [1.29, 1.82) is 0 Å². The molecule has 1 unspecified atom stereocenters. The van der Waals surface area contributed by atoms with Crippen molar-refractivity contribution in [3.63, 3.8) is 0 Å². The van der Waals surface area contributed by atoms with Crippen LogP contribution in [0.3, 0.4) is 0 Å². The average Bonchev–Trinajstić information content (AvgIpc) is 2.40. The molecule has 2 nitrogen and oxygen atoms in total. The zero-order chi connectivity index (χ0) is 13.4. The number of fused-ring (bicyclic) bond motifs is 2. The maximum atomic E-state index is 12.6. The molecule has 0 aliphatic heterocycles. The molecule has 0 amide bonds. The molecule has 110 valence electrons. The first-order valence-electron chi connectivity index (χ1n) is 7.49. The number of aryl methyl sites for hydroxylation is 3. The van der Waals surface area contributed by atoms with Gasteiger partial charge in [0, 0.05) is 18.0 Å². The summed E-state index contributed by atoms with van der Waals surface area (Å²) in [4.78, 5) is 14.7. The number of hydrogen-bond donors (Lipinski definition) is 0. The number of carbonyl (C=O) groups is 1. The van der Waals surface area contributed by atoms with E-state index in [2.05, 4.69) is 31.1 Å². The van der Waals surface area contributed by atoms with Crippen LogP contribution in [-0.4, -0.2) is 31.3 Å². The Morgan fingerprint density at radius 1 is 1.05 bits per heavy atom. The maximum Gasteiger partial charge on any atom is 0.167 e. The Morgan fingerprint density at radius 3 is 2.35 bits per heavy atom. The highest BCUT2D eigenvalue weighted by Crippen LogP contribution is 2.31. The lowest BCUT2D eigenvalue weighted by molar-refractivity contribution is 0.0877. The van der Waals surface area contributed by atoms with E-state index < -0.39 is 0 Å². The Balaban J connectivity index is 0.00000147. The maximum absolute atomic E-state index is 12.6. The predicted octanol–water partition coefficient (Wildman–Crippen LogP) is 3.29. The van der Waals surface area contributed by atoms with Crippen molar-refractivity contribution in [2.75, 3.05) is 20.6 Å². The lowest BCUT2D eigenvalue weighted by Crippen LogP contribution is -2.32. The van der Waals surface area contributed by atoms with Gasteiger partial charge in [0.15, 0.2) is 5.78 Å². The van der Waals surface area contributed by atoms with Crippen molar-refractivity contribution in [3.8, 4) is 0 Å². The van der Waals surface area contributed by atoms with Crippen LogP contribution in [0.1, 0.15) is 46.3 Å². The standard InChI is InChI=1S/C17H23NO.ClH/c1-18(2)11-15-8-7-14-9-12-5-3-4-6-13(12)10-16(14)17(15)19;/h9-10,15H,3-8,11H2,1-2H3;1H. The van der Waals surface area contributed by atoms with E-state index in [1.54, 1.807) is 0 Å². The predicted molar refractivity (Wildman–Crippen MR) is 85.0 cm³/mol. The topological polar surface area (TPSA) is 20.3 Å². The molecular formula is C17H24ClNO. The van der Waals surface area contributed by atoms with E-state index in [0.29, 0.717) is 5.78 Å². The third kappa shape index (κ3) is 2.91. The van der Waals surface area contributed by atoms with Crippen LogP contribution >= 0.6 is 12.4 Å². The number of ketones is 1. The second-order valence-corrected chi connectivity index (χ2v) is 6.35. The monoisotopic (exact) mass is 293 g/mol. The van der Waals surface area contributed by atoms with Crippen LogP contribution in [0.5, 0.6) is 0 Å². The van der Waals surface area contributed by atoms with Gasteiger partial charge in [0.2, 0.25) is 0 Å². The smallest absolute Gasteiger partial charge is 0.167 e. The normalized spacial score (nSPS) is 21.1. The molecule has 3 rings (SSSR count). The van der Waals surface area contributed by atoms with Gasteiger partial charge in [-0.3, -0.25) is 4.79 Å². The van der Waals surface area contributed by atoms with Crippen molar-refractivity contribution in [2.24, 2.45) is 5.92 Å². The molecule has 0 N–H and O–H groups in total. The van der Waals surface area contributed by atoms with E-state index >= 15 is 0 Å². The summed E-state index contributed by atoms with van der Waals surface area (Å²) in [6, 6.07) is 4.54. The Bertz CT molecular complexity index is 510. The van der Waals surface area contributed by atoms with Gasteiger partial charge in [0.25, 0.3) is 0 Å². The van der Waals surface area contributed by atoms with E-state index in [0.717, 1.165) is 31.4 Å². The fourth-order valence-corrected chi connectivity index (χ4v) is 3.57. The van der Waals surface area contributed by atoms with Crippen LogP contribution in [0.2, 0.25) is 0 Å². The van der Waals surface area contributed by atoms with Crippen LogP contribution in [0.15, 0.2) is 12.1 Å². The molecule has 0 saturated heterocycles. The van der Waals surface area contributed by atoms with Crippen LogP contribution in [0.25, 0.3) is 0 Å². The zero-order valence-corrected chi connectivity index (χ0v) is 13.3. The van der Waals surface area contributed by atoms with Gasteiger partial charge in [-0.25, -0.2) is 0 Å². The third-order valence-corrected chi connectivity index (χ3v) is 4.55. The van der Waals surface area contributed by atoms with Gasteiger partial charge in [-0.2, -0.15) is 0 Å². The van der Waals surface area contributed by atoms with Gasteiger partial charge in [-0.1, -0.05) is 6.07 Å². The molecule has 0 saturated carbocycles. The lowest BCUT2D eigenvalue weighted by Gasteiger charge is -2.28. The minimum atomic E-state index is 0. The van der Waals surface area contributed by atoms with E-state index in [-0.39, 0.29) is 18.3 Å². The minimum absolute atomic E-state index is 0.